The molecule has 1 heteroatoms. The molecule has 0 N–H and O–H groups in total. The monoisotopic (exact) mass is 211 g/mol. The van der Waals surface area contributed by atoms with Gasteiger partial charge >= 0.3 is 0 Å². The number of hydrogen-bond donors (Lipinski definition) is 0. The first kappa shape index (κ1) is 9.83. The van der Waals surface area contributed by atoms with Crippen LogP contribution in [0.25, 0.3) is 0 Å². The number of benzene rings is 1. The minimum atomic E-state index is 0.109. The minimum Gasteiger partial charge on any atom is -0.286 e. The summed E-state index contributed by atoms with van der Waals surface area (Å²) in [4.78, 5) is 4.71. The Morgan fingerprint density at radius 2 is 2.00 bits per heavy atom. The van der Waals surface area contributed by atoms with Crippen LogP contribution in [0.5, 0.6) is 0 Å². The number of rotatable bonds is 0. The summed E-state index contributed by atoms with van der Waals surface area (Å²) in [6, 6.07) is 8.80. The fraction of sp³-hybridized carbons (Fsp3) is 0.400. The molecular weight excluding hydrogens is 194 g/mol. The van der Waals surface area contributed by atoms with Gasteiger partial charge in [0.15, 0.2) is 0 Å². The van der Waals surface area contributed by atoms with Gasteiger partial charge in [-0.15, -0.1) is 0 Å². The second-order valence-corrected chi connectivity index (χ2v) is 5.35. The van der Waals surface area contributed by atoms with E-state index < -0.39 is 0 Å². The molecule has 1 heterocycles. The molecular formula is C15H17N. The van der Waals surface area contributed by atoms with Crippen LogP contribution in [0.1, 0.15) is 31.4 Å². The molecule has 0 radical (unpaired) electrons. The average Bonchev–Trinajstić information content (AvgIpc) is 2.81. The Bertz CT molecular complexity index is 486. The maximum atomic E-state index is 4.71. The first-order chi connectivity index (χ1) is 7.66. The van der Waals surface area contributed by atoms with Crippen LogP contribution in [0, 0.1) is 0 Å². The number of nitrogens with zero attached hydrogens (tertiary/aromatic N) is 1. The lowest BCUT2D eigenvalue weighted by molar-refractivity contribution is 0.612. The quantitative estimate of drug-likeness (QED) is 0.624. The van der Waals surface area contributed by atoms with Crippen molar-refractivity contribution in [2.45, 2.75) is 37.6 Å². The molecule has 82 valence electrons. The first-order valence-corrected chi connectivity index (χ1v) is 5.94. The minimum absolute atomic E-state index is 0.109. The molecule has 0 bridgehead atoms. The van der Waals surface area contributed by atoms with Crippen molar-refractivity contribution in [3.05, 3.63) is 47.5 Å². The number of allylic oxidation sites excluding steroid dienone is 2. The lowest BCUT2D eigenvalue weighted by Crippen LogP contribution is -2.17. The molecule has 2 atom stereocenters. The molecule has 0 spiro atoms. The topological polar surface area (TPSA) is 12.4 Å². The third-order valence-corrected chi connectivity index (χ3v) is 4.29. The molecule has 1 nitrogen and oxygen atoms in total. The van der Waals surface area contributed by atoms with Crippen LogP contribution in [0.15, 0.2) is 41.4 Å². The van der Waals surface area contributed by atoms with Crippen molar-refractivity contribution in [2.24, 2.45) is 4.99 Å². The van der Waals surface area contributed by atoms with Gasteiger partial charge in [0.05, 0.1) is 5.54 Å². The van der Waals surface area contributed by atoms with Crippen LogP contribution in [-0.2, 0) is 11.8 Å². The zero-order valence-corrected chi connectivity index (χ0v) is 9.90. The molecule has 1 aromatic carbocycles. The smallest absolute Gasteiger partial charge is 0.0683 e. The van der Waals surface area contributed by atoms with E-state index in [-0.39, 0.29) is 11.0 Å². The molecule has 0 saturated heterocycles. The Morgan fingerprint density at radius 3 is 2.88 bits per heavy atom. The molecule has 1 saturated carbocycles. The number of aliphatic imine (C=N–C) groups is 1. The SMILES string of the molecule is CC12CC1(C)c1ccccc1C/C=C\C=N2. The van der Waals surface area contributed by atoms with Crippen molar-refractivity contribution in [3.8, 4) is 0 Å². The zero-order chi connectivity index (χ0) is 11.2. The van der Waals surface area contributed by atoms with Gasteiger partial charge in [-0.05, 0) is 37.0 Å². The summed E-state index contributed by atoms with van der Waals surface area (Å²) in [7, 11) is 0. The number of hydrogen-bond acceptors (Lipinski definition) is 1. The highest BCUT2D eigenvalue weighted by Gasteiger charge is 2.62. The predicted octanol–water partition coefficient (Wildman–Crippen LogP) is 3.29. The van der Waals surface area contributed by atoms with Crippen molar-refractivity contribution in [3.63, 3.8) is 0 Å². The van der Waals surface area contributed by atoms with E-state index in [1.54, 1.807) is 0 Å². The fourth-order valence-electron chi connectivity index (χ4n) is 2.92. The Morgan fingerprint density at radius 1 is 1.19 bits per heavy atom. The van der Waals surface area contributed by atoms with Crippen LogP contribution in [0.2, 0.25) is 0 Å². The molecule has 0 aromatic heterocycles. The molecule has 2 unspecified atom stereocenters. The van der Waals surface area contributed by atoms with Gasteiger partial charge in [-0.25, -0.2) is 0 Å². The Labute approximate surface area is 96.9 Å². The molecule has 1 fully saturated rings. The average molecular weight is 211 g/mol. The van der Waals surface area contributed by atoms with Gasteiger partial charge in [0.1, 0.15) is 0 Å². The van der Waals surface area contributed by atoms with Gasteiger partial charge in [-0.2, -0.15) is 0 Å². The van der Waals surface area contributed by atoms with E-state index in [1.807, 2.05) is 6.21 Å². The molecule has 16 heavy (non-hydrogen) atoms. The Balaban J connectivity index is 2.17. The largest absolute Gasteiger partial charge is 0.286 e. The van der Waals surface area contributed by atoms with E-state index in [0.29, 0.717) is 0 Å². The maximum Gasteiger partial charge on any atom is 0.0683 e. The zero-order valence-electron chi connectivity index (χ0n) is 9.90. The van der Waals surface area contributed by atoms with E-state index in [9.17, 15) is 0 Å². The van der Waals surface area contributed by atoms with Gasteiger partial charge in [-0.1, -0.05) is 37.3 Å². The third-order valence-electron chi connectivity index (χ3n) is 4.29. The van der Waals surface area contributed by atoms with E-state index >= 15 is 0 Å². The van der Waals surface area contributed by atoms with Crippen molar-refractivity contribution in [1.82, 2.24) is 0 Å². The van der Waals surface area contributed by atoms with Gasteiger partial charge < -0.3 is 0 Å². The summed E-state index contributed by atoms with van der Waals surface area (Å²) in [5.41, 5.74) is 3.29. The van der Waals surface area contributed by atoms with Crippen molar-refractivity contribution < 1.29 is 0 Å². The molecule has 3 rings (SSSR count). The third kappa shape index (κ3) is 1.21. The highest BCUT2D eigenvalue weighted by Crippen LogP contribution is 2.60. The van der Waals surface area contributed by atoms with Gasteiger partial charge in [0.2, 0.25) is 0 Å². The van der Waals surface area contributed by atoms with E-state index in [1.165, 1.54) is 17.5 Å². The molecule has 1 aromatic rings. The molecule has 0 amide bonds. The van der Waals surface area contributed by atoms with Gasteiger partial charge in [0.25, 0.3) is 0 Å². The van der Waals surface area contributed by atoms with Crippen LogP contribution in [-0.4, -0.2) is 11.8 Å². The second-order valence-electron chi connectivity index (χ2n) is 5.35. The van der Waals surface area contributed by atoms with Crippen molar-refractivity contribution >= 4 is 6.21 Å². The van der Waals surface area contributed by atoms with Crippen LogP contribution in [0.3, 0.4) is 0 Å². The Kier molecular flexibility index (Phi) is 1.88. The lowest BCUT2D eigenvalue weighted by atomic mass is 9.88. The number of fused-ring (bicyclic) bond motifs is 3. The predicted molar refractivity (Wildman–Crippen MR) is 68.2 cm³/mol. The van der Waals surface area contributed by atoms with Crippen LogP contribution >= 0.6 is 0 Å². The summed E-state index contributed by atoms with van der Waals surface area (Å²) >= 11 is 0. The molecule has 1 aliphatic carbocycles. The molecule has 2 aliphatic rings. The van der Waals surface area contributed by atoms with Crippen molar-refractivity contribution in [2.75, 3.05) is 0 Å². The van der Waals surface area contributed by atoms with E-state index in [2.05, 4.69) is 50.3 Å². The lowest BCUT2D eigenvalue weighted by Gasteiger charge is -2.18. The summed E-state index contributed by atoms with van der Waals surface area (Å²) in [5.74, 6) is 0. The van der Waals surface area contributed by atoms with E-state index in [4.69, 9.17) is 4.99 Å². The molecule has 1 aliphatic heterocycles. The van der Waals surface area contributed by atoms with Crippen LogP contribution < -0.4 is 0 Å². The normalized spacial score (nSPS) is 37.6. The first-order valence-electron chi connectivity index (χ1n) is 5.94. The fourth-order valence-corrected chi connectivity index (χ4v) is 2.92. The van der Waals surface area contributed by atoms with Crippen LogP contribution in [0.4, 0.5) is 0 Å². The van der Waals surface area contributed by atoms with Crippen molar-refractivity contribution in [1.29, 1.82) is 0 Å². The van der Waals surface area contributed by atoms with Gasteiger partial charge in [0, 0.05) is 11.6 Å². The standard InChI is InChI=1S/C15H17N/c1-14-11-15(14,2)16-10-6-5-8-12-7-3-4-9-13(12)14/h3-7,9-10H,8,11H2,1-2H3/b6-5-,16-10?. The Hall–Kier alpha value is -1.37. The van der Waals surface area contributed by atoms with E-state index in [0.717, 1.165) is 6.42 Å². The summed E-state index contributed by atoms with van der Waals surface area (Å²) in [6.45, 7) is 4.61. The maximum absolute atomic E-state index is 4.71. The van der Waals surface area contributed by atoms with Gasteiger partial charge in [-0.3, -0.25) is 4.99 Å². The summed E-state index contributed by atoms with van der Waals surface area (Å²) in [5, 5.41) is 0. The highest BCUT2D eigenvalue weighted by atomic mass is 15.0. The highest BCUT2D eigenvalue weighted by molar-refractivity contribution is 5.73. The second kappa shape index (κ2) is 3.07. The summed E-state index contributed by atoms with van der Waals surface area (Å²) < 4.78 is 0. The summed E-state index contributed by atoms with van der Waals surface area (Å²) in [6.07, 6.45) is 8.43.